The fraction of sp³-hybridized carbons (Fsp3) is 0.913. The predicted octanol–water partition coefficient (Wildman–Crippen LogP) is 4.13. The summed E-state index contributed by atoms with van der Waals surface area (Å²) in [5.41, 5.74) is 0. The number of allylic oxidation sites excluding steroid dienone is 1. The summed E-state index contributed by atoms with van der Waals surface area (Å²) in [5, 5.41) is 28.6. The summed E-state index contributed by atoms with van der Waals surface area (Å²) in [5.74, 6) is 0. The van der Waals surface area contributed by atoms with E-state index in [4.69, 9.17) is 14.6 Å². The Morgan fingerprint density at radius 1 is 0.929 bits per heavy atom. The molecule has 166 valence electrons. The zero-order valence-corrected chi connectivity index (χ0v) is 17.9. The molecule has 0 aliphatic carbocycles. The van der Waals surface area contributed by atoms with Crippen molar-refractivity contribution in [3.05, 3.63) is 12.2 Å². The maximum absolute atomic E-state index is 9.87. The van der Waals surface area contributed by atoms with Crippen molar-refractivity contribution < 1.29 is 24.8 Å². The summed E-state index contributed by atoms with van der Waals surface area (Å²) in [6.07, 6.45) is 18.3. The maximum atomic E-state index is 9.87. The Labute approximate surface area is 172 Å². The first kappa shape index (κ1) is 25.6. The highest BCUT2D eigenvalue weighted by molar-refractivity contribution is 4.89. The highest BCUT2D eigenvalue weighted by Gasteiger charge is 2.40. The van der Waals surface area contributed by atoms with Crippen LogP contribution in [-0.4, -0.2) is 59.6 Å². The van der Waals surface area contributed by atoms with Crippen LogP contribution in [0.3, 0.4) is 0 Å². The monoisotopic (exact) mass is 400 g/mol. The van der Waals surface area contributed by atoms with Crippen LogP contribution in [0.1, 0.15) is 90.4 Å². The summed E-state index contributed by atoms with van der Waals surface area (Å²) < 4.78 is 11.0. The van der Waals surface area contributed by atoms with E-state index in [-0.39, 0.29) is 6.61 Å². The van der Waals surface area contributed by atoms with Gasteiger partial charge in [-0.05, 0) is 19.3 Å². The number of aliphatic hydroxyl groups is 3. The van der Waals surface area contributed by atoms with Gasteiger partial charge in [0, 0.05) is 0 Å². The Balaban J connectivity index is 1.91. The van der Waals surface area contributed by atoms with Crippen LogP contribution in [0.4, 0.5) is 0 Å². The topological polar surface area (TPSA) is 79.2 Å². The lowest BCUT2D eigenvalue weighted by Crippen LogP contribution is -2.42. The van der Waals surface area contributed by atoms with Gasteiger partial charge in [-0.3, -0.25) is 0 Å². The van der Waals surface area contributed by atoms with Crippen LogP contribution in [0.25, 0.3) is 0 Å². The number of rotatable bonds is 18. The van der Waals surface area contributed by atoms with Crippen LogP contribution in [0.5, 0.6) is 0 Å². The fourth-order valence-corrected chi connectivity index (χ4v) is 3.69. The first-order valence-corrected chi connectivity index (χ1v) is 11.6. The van der Waals surface area contributed by atoms with Crippen molar-refractivity contribution in [2.45, 2.75) is 115 Å². The highest BCUT2D eigenvalue weighted by Crippen LogP contribution is 2.21. The molecule has 1 saturated heterocycles. The van der Waals surface area contributed by atoms with Crippen molar-refractivity contribution in [3.8, 4) is 0 Å². The third kappa shape index (κ3) is 11.5. The van der Waals surface area contributed by atoms with Gasteiger partial charge in [-0.1, -0.05) is 83.3 Å². The largest absolute Gasteiger partial charge is 0.394 e. The molecule has 1 aliphatic rings. The van der Waals surface area contributed by atoms with Crippen molar-refractivity contribution in [1.29, 1.82) is 0 Å². The molecule has 0 bridgehead atoms. The van der Waals surface area contributed by atoms with Crippen molar-refractivity contribution in [3.63, 3.8) is 0 Å². The Kier molecular flexibility index (Phi) is 15.9. The molecule has 0 saturated carbocycles. The molecule has 1 aliphatic heterocycles. The molecule has 1 heterocycles. The fourth-order valence-electron chi connectivity index (χ4n) is 3.69. The first-order chi connectivity index (χ1) is 13.7. The average molecular weight is 401 g/mol. The number of hydrogen-bond acceptors (Lipinski definition) is 5. The molecular weight excluding hydrogens is 356 g/mol. The SMILES string of the molecule is CCCCCCCCCCCCC/C=C/CCO[C@H]1[C@@H]([C@H](O)CO)OC[C@@H]1O. The van der Waals surface area contributed by atoms with E-state index in [2.05, 4.69) is 19.1 Å². The Morgan fingerprint density at radius 3 is 2.11 bits per heavy atom. The summed E-state index contributed by atoms with van der Waals surface area (Å²) in [6, 6.07) is 0. The molecule has 5 heteroatoms. The van der Waals surface area contributed by atoms with Gasteiger partial charge < -0.3 is 24.8 Å². The van der Waals surface area contributed by atoms with Gasteiger partial charge in [0.1, 0.15) is 24.4 Å². The van der Waals surface area contributed by atoms with E-state index in [1.54, 1.807) is 0 Å². The average Bonchev–Trinajstić information content (AvgIpc) is 3.07. The number of ether oxygens (including phenoxy) is 2. The van der Waals surface area contributed by atoms with Crippen molar-refractivity contribution >= 4 is 0 Å². The molecule has 0 radical (unpaired) electrons. The molecule has 0 spiro atoms. The lowest BCUT2D eigenvalue weighted by atomic mass is 10.1. The smallest absolute Gasteiger partial charge is 0.114 e. The Morgan fingerprint density at radius 2 is 1.50 bits per heavy atom. The Bertz CT molecular complexity index is 374. The van der Waals surface area contributed by atoms with E-state index >= 15 is 0 Å². The molecule has 4 atom stereocenters. The molecule has 0 unspecified atom stereocenters. The minimum Gasteiger partial charge on any atom is -0.394 e. The van der Waals surface area contributed by atoms with Gasteiger partial charge in [-0.2, -0.15) is 0 Å². The van der Waals surface area contributed by atoms with E-state index in [0.29, 0.717) is 6.61 Å². The van der Waals surface area contributed by atoms with E-state index in [0.717, 1.165) is 12.8 Å². The van der Waals surface area contributed by atoms with Gasteiger partial charge in [-0.15, -0.1) is 0 Å². The molecule has 3 N–H and O–H groups in total. The zero-order valence-electron chi connectivity index (χ0n) is 17.9. The predicted molar refractivity (Wildman–Crippen MR) is 113 cm³/mol. The molecule has 28 heavy (non-hydrogen) atoms. The van der Waals surface area contributed by atoms with Gasteiger partial charge in [0.05, 0.1) is 19.8 Å². The van der Waals surface area contributed by atoms with E-state index in [1.165, 1.54) is 70.6 Å². The quantitative estimate of drug-likeness (QED) is 0.238. The molecular formula is C23H44O5. The van der Waals surface area contributed by atoms with Gasteiger partial charge in [0.15, 0.2) is 0 Å². The number of aliphatic hydroxyl groups excluding tert-OH is 3. The van der Waals surface area contributed by atoms with E-state index < -0.39 is 31.0 Å². The molecule has 1 fully saturated rings. The second kappa shape index (κ2) is 17.4. The third-order valence-electron chi connectivity index (χ3n) is 5.46. The van der Waals surface area contributed by atoms with Gasteiger partial charge in [0.2, 0.25) is 0 Å². The molecule has 0 aromatic heterocycles. The lowest BCUT2D eigenvalue weighted by molar-refractivity contribution is -0.0924. The van der Waals surface area contributed by atoms with Crippen molar-refractivity contribution in [1.82, 2.24) is 0 Å². The lowest BCUT2D eigenvalue weighted by Gasteiger charge is -2.23. The number of unbranched alkanes of at least 4 members (excludes halogenated alkanes) is 11. The second-order valence-corrected chi connectivity index (χ2v) is 8.03. The zero-order chi connectivity index (χ0) is 20.5. The normalized spacial score (nSPS) is 23.6. The van der Waals surface area contributed by atoms with E-state index in [1.807, 2.05) is 0 Å². The van der Waals surface area contributed by atoms with Gasteiger partial charge in [-0.25, -0.2) is 0 Å². The van der Waals surface area contributed by atoms with Crippen LogP contribution >= 0.6 is 0 Å². The van der Waals surface area contributed by atoms with E-state index in [9.17, 15) is 10.2 Å². The molecule has 5 nitrogen and oxygen atoms in total. The van der Waals surface area contributed by atoms with Crippen LogP contribution in [-0.2, 0) is 9.47 Å². The second-order valence-electron chi connectivity index (χ2n) is 8.03. The molecule has 0 amide bonds. The first-order valence-electron chi connectivity index (χ1n) is 11.6. The van der Waals surface area contributed by atoms with Crippen LogP contribution in [0.15, 0.2) is 12.2 Å². The van der Waals surface area contributed by atoms with Crippen LogP contribution in [0, 0.1) is 0 Å². The molecule has 0 aromatic rings. The standard InChI is InChI=1S/C23H44O5/c1-2-3-4-5-6-7-8-9-10-11-12-13-14-15-16-17-27-23-21(26)19-28-22(23)20(25)18-24/h14-15,20-26H,2-13,16-19H2,1H3/b15-14+/t20-,21+,22-,23-/m1/s1. The maximum Gasteiger partial charge on any atom is 0.114 e. The number of hydrogen-bond donors (Lipinski definition) is 3. The van der Waals surface area contributed by atoms with Crippen molar-refractivity contribution in [2.24, 2.45) is 0 Å². The Hall–Kier alpha value is -0.460. The molecule has 0 aromatic carbocycles. The van der Waals surface area contributed by atoms with Gasteiger partial charge in [0.25, 0.3) is 0 Å². The third-order valence-corrected chi connectivity index (χ3v) is 5.46. The highest BCUT2D eigenvalue weighted by atomic mass is 16.6. The van der Waals surface area contributed by atoms with Crippen LogP contribution < -0.4 is 0 Å². The van der Waals surface area contributed by atoms with Crippen molar-refractivity contribution in [2.75, 3.05) is 19.8 Å². The molecule has 1 rings (SSSR count). The minimum absolute atomic E-state index is 0.140. The minimum atomic E-state index is -1.02. The van der Waals surface area contributed by atoms with Gasteiger partial charge >= 0.3 is 0 Å². The summed E-state index contributed by atoms with van der Waals surface area (Å²) in [4.78, 5) is 0. The summed E-state index contributed by atoms with van der Waals surface area (Å²) >= 11 is 0. The van der Waals surface area contributed by atoms with Crippen LogP contribution in [0.2, 0.25) is 0 Å². The summed E-state index contributed by atoms with van der Waals surface area (Å²) in [7, 11) is 0. The summed E-state index contributed by atoms with van der Waals surface area (Å²) in [6.45, 7) is 2.49.